The number of rotatable bonds is 10. The summed E-state index contributed by atoms with van der Waals surface area (Å²) in [5.74, 6) is 3.71. The van der Waals surface area contributed by atoms with E-state index in [0.717, 1.165) is 0 Å². The van der Waals surface area contributed by atoms with Crippen LogP contribution < -0.4 is 0 Å². The van der Waals surface area contributed by atoms with Gasteiger partial charge in [-0.2, -0.15) is 0 Å². The maximum atomic E-state index is 2.63. The number of hydrogen-bond acceptors (Lipinski definition) is 0. The van der Waals surface area contributed by atoms with Crippen LogP contribution in [0.1, 0.15) is 203 Å². The van der Waals surface area contributed by atoms with Crippen LogP contribution in [-0.4, -0.2) is 0 Å². The average molecular weight is 567 g/mol. The summed E-state index contributed by atoms with van der Waals surface area (Å²) in [5.41, 5.74) is 17.8. The van der Waals surface area contributed by atoms with Gasteiger partial charge in [0, 0.05) is 0 Å². The fourth-order valence-corrected chi connectivity index (χ4v) is 6.56. The lowest BCUT2D eigenvalue weighted by atomic mass is 9.75. The van der Waals surface area contributed by atoms with Crippen LogP contribution in [0.3, 0.4) is 0 Å². The second kappa shape index (κ2) is 13.5. The summed E-state index contributed by atoms with van der Waals surface area (Å²) in [6, 6.07) is 15.3. The Labute approximate surface area is 260 Å². The predicted molar refractivity (Wildman–Crippen MR) is 190 cm³/mol. The maximum absolute atomic E-state index is 2.63. The zero-order valence-electron chi connectivity index (χ0n) is 30.1. The molecule has 0 spiro atoms. The SMILES string of the molecule is CC(C)c1cc(C(C)C)c(-c2cc(-c3c(C(C)C)cc(C(C)C)cc3C(C)C)c(C(C)C)cc2C(C)C)c(C(C)C)c1. The monoisotopic (exact) mass is 566 g/mol. The van der Waals surface area contributed by atoms with Gasteiger partial charge in [-0.1, -0.05) is 141 Å². The topological polar surface area (TPSA) is 0 Å². The van der Waals surface area contributed by atoms with Crippen LogP contribution in [0.5, 0.6) is 0 Å². The molecule has 0 radical (unpaired) electrons. The first-order valence-electron chi connectivity index (χ1n) is 17.0. The summed E-state index contributed by atoms with van der Waals surface area (Å²) in [6.45, 7) is 37.9. The van der Waals surface area contributed by atoms with Crippen molar-refractivity contribution >= 4 is 0 Å². The molecule has 3 aromatic carbocycles. The largest absolute Gasteiger partial charge is 0.0587 e. The normalized spacial score (nSPS) is 12.6. The first-order chi connectivity index (χ1) is 19.5. The van der Waals surface area contributed by atoms with Crippen molar-refractivity contribution in [2.24, 2.45) is 0 Å². The second-order valence-corrected chi connectivity index (χ2v) is 15.4. The molecule has 230 valence electrons. The molecule has 0 N–H and O–H groups in total. The molecule has 0 saturated carbocycles. The summed E-state index contributed by atoms with van der Waals surface area (Å²) in [7, 11) is 0. The van der Waals surface area contributed by atoms with Gasteiger partial charge in [-0.15, -0.1) is 0 Å². The quantitative estimate of drug-likeness (QED) is 0.229. The molecule has 0 saturated heterocycles. The maximum Gasteiger partial charge on any atom is -0.0111 e. The Morgan fingerprint density at radius 3 is 0.690 bits per heavy atom. The Morgan fingerprint density at radius 1 is 0.262 bits per heavy atom. The molecule has 0 unspecified atom stereocenters. The van der Waals surface area contributed by atoms with Gasteiger partial charge >= 0.3 is 0 Å². The summed E-state index contributed by atoms with van der Waals surface area (Å²) in [6.07, 6.45) is 0. The van der Waals surface area contributed by atoms with Gasteiger partial charge in [-0.3, -0.25) is 0 Å². The van der Waals surface area contributed by atoms with Gasteiger partial charge in [0.2, 0.25) is 0 Å². The highest BCUT2D eigenvalue weighted by Gasteiger charge is 2.27. The molecule has 0 aromatic heterocycles. The fourth-order valence-electron chi connectivity index (χ4n) is 6.56. The van der Waals surface area contributed by atoms with Crippen LogP contribution >= 0.6 is 0 Å². The van der Waals surface area contributed by atoms with Crippen molar-refractivity contribution in [3.8, 4) is 22.3 Å². The average Bonchev–Trinajstić information content (AvgIpc) is 2.90. The van der Waals surface area contributed by atoms with Gasteiger partial charge in [-0.05, 0) is 120 Å². The highest BCUT2D eigenvalue weighted by molar-refractivity contribution is 5.85. The van der Waals surface area contributed by atoms with E-state index in [2.05, 4.69) is 147 Å². The molecular weight excluding hydrogens is 504 g/mol. The highest BCUT2D eigenvalue weighted by atomic mass is 14.3. The Bertz CT molecular complexity index is 1210. The van der Waals surface area contributed by atoms with Gasteiger partial charge in [0.05, 0.1) is 0 Å². The van der Waals surface area contributed by atoms with E-state index < -0.39 is 0 Å². The standard InChI is InChI=1S/C42H62/c1-23(2)31-17-35(27(9)10)41(36(18-31)28(11)12)39-22-40(34(26(7)8)21-33(39)25(5)6)42-37(29(13)14)19-32(24(3)4)20-38(42)30(15)16/h17-30H,1-16H3. The molecule has 0 nitrogen and oxygen atoms in total. The van der Waals surface area contributed by atoms with E-state index in [1.807, 2.05) is 0 Å². The van der Waals surface area contributed by atoms with Gasteiger partial charge in [-0.25, -0.2) is 0 Å². The van der Waals surface area contributed by atoms with Crippen molar-refractivity contribution in [2.45, 2.75) is 158 Å². The summed E-state index contributed by atoms with van der Waals surface area (Å²) in [4.78, 5) is 0. The van der Waals surface area contributed by atoms with Gasteiger partial charge in [0.1, 0.15) is 0 Å². The third kappa shape index (κ3) is 6.90. The molecule has 0 aliphatic carbocycles. The van der Waals surface area contributed by atoms with Gasteiger partial charge in [0.25, 0.3) is 0 Å². The van der Waals surface area contributed by atoms with Crippen LogP contribution in [0.4, 0.5) is 0 Å². The van der Waals surface area contributed by atoms with Crippen molar-refractivity contribution in [1.29, 1.82) is 0 Å². The summed E-state index contributed by atoms with van der Waals surface area (Å²) < 4.78 is 0. The van der Waals surface area contributed by atoms with Crippen LogP contribution in [-0.2, 0) is 0 Å². The molecule has 0 atom stereocenters. The first kappa shape index (κ1) is 34.2. The zero-order valence-corrected chi connectivity index (χ0v) is 30.1. The van der Waals surface area contributed by atoms with Crippen LogP contribution in [0.2, 0.25) is 0 Å². The van der Waals surface area contributed by atoms with E-state index in [4.69, 9.17) is 0 Å². The highest BCUT2D eigenvalue weighted by Crippen LogP contribution is 2.48. The Balaban J connectivity index is 2.64. The molecule has 0 heteroatoms. The lowest BCUT2D eigenvalue weighted by molar-refractivity contribution is 0.800. The van der Waals surface area contributed by atoms with E-state index in [0.29, 0.717) is 47.3 Å². The molecule has 3 rings (SSSR count). The molecule has 0 aliphatic rings. The minimum absolute atomic E-state index is 0.439. The fraction of sp³-hybridized carbons (Fsp3) is 0.571. The lowest BCUT2D eigenvalue weighted by Crippen LogP contribution is -2.09. The minimum atomic E-state index is 0.439. The third-order valence-electron chi connectivity index (χ3n) is 9.27. The third-order valence-corrected chi connectivity index (χ3v) is 9.27. The van der Waals surface area contributed by atoms with Crippen LogP contribution in [0.25, 0.3) is 22.3 Å². The van der Waals surface area contributed by atoms with Gasteiger partial charge < -0.3 is 0 Å². The van der Waals surface area contributed by atoms with Crippen molar-refractivity contribution in [3.05, 3.63) is 80.9 Å². The molecule has 0 heterocycles. The van der Waals surface area contributed by atoms with Gasteiger partial charge in [0.15, 0.2) is 0 Å². The lowest BCUT2D eigenvalue weighted by Gasteiger charge is -2.30. The van der Waals surface area contributed by atoms with Crippen molar-refractivity contribution in [2.75, 3.05) is 0 Å². The summed E-state index contributed by atoms with van der Waals surface area (Å²) in [5, 5.41) is 0. The van der Waals surface area contributed by atoms with E-state index >= 15 is 0 Å². The summed E-state index contributed by atoms with van der Waals surface area (Å²) >= 11 is 0. The van der Waals surface area contributed by atoms with Crippen LogP contribution in [0, 0.1) is 0 Å². The zero-order chi connectivity index (χ0) is 31.8. The van der Waals surface area contributed by atoms with E-state index in [1.165, 1.54) is 66.8 Å². The minimum Gasteiger partial charge on any atom is -0.0587 e. The van der Waals surface area contributed by atoms with Crippen LogP contribution in [0.15, 0.2) is 36.4 Å². The van der Waals surface area contributed by atoms with Crippen molar-refractivity contribution in [1.82, 2.24) is 0 Å². The van der Waals surface area contributed by atoms with Crippen molar-refractivity contribution in [3.63, 3.8) is 0 Å². The predicted octanol–water partition coefficient (Wildman–Crippen LogP) is 14.0. The molecule has 3 aromatic rings. The van der Waals surface area contributed by atoms with E-state index in [9.17, 15) is 0 Å². The first-order valence-corrected chi connectivity index (χ1v) is 17.0. The van der Waals surface area contributed by atoms with Crippen molar-refractivity contribution < 1.29 is 0 Å². The number of benzene rings is 3. The second-order valence-electron chi connectivity index (χ2n) is 15.4. The molecule has 0 amide bonds. The van der Waals surface area contributed by atoms with E-state index in [1.54, 1.807) is 0 Å². The van der Waals surface area contributed by atoms with E-state index in [-0.39, 0.29) is 0 Å². The molecule has 0 aliphatic heterocycles. The smallest absolute Gasteiger partial charge is 0.0111 e. The Morgan fingerprint density at radius 2 is 0.500 bits per heavy atom. The molecule has 0 fully saturated rings. The molecular formula is C42H62. The molecule has 0 bridgehead atoms. The molecule has 42 heavy (non-hydrogen) atoms. The number of hydrogen-bond donors (Lipinski definition) is 0. The Hall–Kier alpha value is -2.34. The Kier molecular flexibility index (Phi) is 11.0.